The Morgan fingerprint density at radius 2 is 1.77 bits per heavy atom. The van der Waals surface area contributed by atoms with Crippen LogP contribution >= 0.6 is 24.8 Å². The molecule has 1 aromatic carbocycles. The number of Topliss-reactive ketones (excluding diaryl/α,β-unsaturated/α-hetero) is 1. The standard InChI is InChI=1S/C21H24N4O3S.2ClH/c1-29(27,28)23-18-7-5-16(6-8-18)21(26)17-9-12-24(13-10-17)15-19-14-22-20-4-2-3-11-25(19)20;;/h2-8,11,14,17,23H,9-10,12-13,15H2,1H3;2*1H. The second kappa shape index (κ2) is 10.5. The van der Waals surface area contributed by atoms with Crippen LogP contribution in [0.5, 0.6) is 0 Å². The largest absolute Gasteiger partial charge is 0.303 e. The molecule has 1 saturated heterocycles. The number of carbonyl (C=O) groups excluding carboxylic acids is 1. The molecule has 0 amide bonds. The second-order valence-electron chi connectivity index (χ2n) is 7.54. The normalized spacial score (nSPS) is 15.1. The lowest BCUT2D eigenvalue weighted by molar-refractivity contribution is 0.0833. The number of ketones is 1. The van der Waals surface area contributed by atoms with E-state index < -0.39 is 10.0 Å². The first kappa shape index (κ1) is 25.1. The topological polar surface area (TPSA) is 83.8 Å². The number of aromatic nitrogens is 2. The number of imidazole rings is 1. The van der Waals surface area contributed by atoms with Crippen molar-refractivity contribution in [1.29, 1.82) is 0 Å². The quantitative estimate of drug-likeness (QED) is 0.539. The maximum Gasteiger partial charge on any atom is 0.229 e. The fourth-order valence-corrected chi connectivity index (χ4v) is 4.40. The van der Waals surface area contributed by atoms with Gasteiger partial charge in [-0.2, -0.15) is 0 Å². The van der Waals surface area contributed by atoms with E-state index in [1.807, 2.05) is 30.6 Å². The van der Waals surface area contributed by atoms with Crippen LogP contribution in [0, 0.1) is 5.92 Å². The molecular formula is C21H26Cl2N4O3S. The van der Waals surface area contributed by atoms with E-state index in [1.165, 1.54) is 0 Å². The Morgan fingerprint density at radius 3 is 2.42 bits per heavy atom. The van der Waals surface area contributed by atoms with Gasteiger partial charge in [-0.05, 0) is 62.3 Å². The van der Waals surface area contributed by atoms with E-state index in [1.54, 1.807) is 24.3 Å². The van der Waals surface area contributed by atoms with Gasteiger partial charge in [-0.3, -0.25) is 14.4 Å². The molecule has 0 spiro atoms. The van der Waals surface area contributed by atoms with Gasteiger partial charge < -0.3 is 4.40 Å². The molecule has 3 aromatic rings. The molecule has 1 aliphatic heterocycles. The first-order valence-electron chi connectivity index (χ1n) is 9.64. The zero-order chi connectivity index (χ0) is 20.4. The number of anilines is 1. The lowest BCUT2D eigenvalue weighted by atomic mass is 9.89. The summed E-state index contributed by atoms with van der Waals surface area (Å²) < 4.78 is 27.1. The highest BCUT2D eigenvalue weighted by molar-refractivity contribution is 7.92. The van der Waals surface area contributed by atoms with Crippen molar-refractivity contribution in [3.8, 4) is 0 Å². The second-order valence-corrected chi connectivity index (χ2v) is 9.29. The van der Waals surface area contributed by atoms with Crippen molar-refractivity contribution in [3.05, 3.63) is 66.1 Å². The minimum atomic E-state index is -3.32. The van der Waals surface area contributed by atoms with E-state index in [0.29, 0.717) is 11.3 Å². The third-order valence-electron chi connectivity index (χ3n) is 5.31. The maximum absolute atomic E-state index is 12.8. The van der Waals surface area contributed by atoms with Gasteiger partial charge in [-0.15, -0.1) is 24.8 Å². The van der Waals surface area contributed by atoms with Gasteiger partial charge in [0.05, 0.1) is 18.1 Å². The van der Waals surface area contributed by atoms with Gasteiger partial charge in [0.25, 0.3) is 0 Å². The number of pyridine rings is 1. The number of halogens is 2. The molecule has 2 aromatic heterocycles. The third kappa shape index (κ3) is 6.20. The number of piperidine rings is 1. The van der Waals surface area contributed by atoms with Crippen molar-refractivity contribution in [1.82, 2.24) is 14.3 Å². The predicted molar refractivity (Wildman–Crippen MR) is 127 cm³/mol. The predicted octanol–water partition coefficient (Wildman–Crippen LogP) is 3.64. The Morgan fingerprint density at radius 1 is 1.10 bits per heavy atom. The van der Waals surface area contributed by atoms with E-state index in [2.05, 4.69) is 19.0 Å². The zero-order valence-corrected chi connectivity index (χ0v) is 19.5. The first-order chi connectivity index (χ1) is 13.9. The van der Waals surface area contributed by atoms with Gasteiger partial charge in [0.15, 0.2) is 5.78 Å². The van der Waals surface area contributed by atoms with E-state index in [0.717, 1.165) is 50.1 Å². The minimum Gasteiger partial charge on any atom is -0.303 e. The van der Waals surface area contributed by atoms with E-state index in [-0.39, 0.29) is 36.5 Å². The van der Waals surface area contributed by atoms with Crippen molar-refractivity contribution in [2.75, 3.05) is 24.1 Å². The van der Waals surface area contributed by atoms with E-state index >= 15 is 0 Å². The number of nitrogens with zero attached hydrogens (tertiary/aromatic N) is 3. The van der Waals surface area contributed by atoms with Crippen LogP contribution in [0.4, 0.5) is 5.69 Å². The Kier molecular flexibility index (Phi) is 8.48. The van der Waals surface area contributed by atoms with Crippen molar-refractivity contribution in [2.45, 2.75) is 19.4 Å². The molecule has 1 N–H and O–H groups in total. The number of carbonyl (C=O) groups is 1. The first-order valence-corrected chi connectivity index (χ1v) is 11.5. The number of rotatable bonds is 6. The molecule has 4 rings (SSSR count). The Hall–Kier alpha value is -2.13. The molecule has 1 aliphatic rings. The summed E-state index contributed by atoms with van der Waals surface area (Å²) in [5.74, 6) is 0.132. The number of sulfonamides is 1. The summed E-state index contributed by atoms with van der Waals surface area (Å²) >= 11 is 0. The fraction of sp³-hybridized carbons (Fsp3) is 0.333. The van der Waals surface area contributed by atoms with Gasteiger partial charge in [-0.1, -0.05) is 6.07 Å². The van der Waals surface area contributed by atoms with Crippen LogP contribution in [0.3, 0.4) is 0 Å². The van der Waals surface area contributed by atoms with Crippen molar-refractivity contribution in [2.24, 2.45) is 5.92 Å². The fourth-order valence-electron chi connectivity index (χ4n) is 3.84. The molecule has 0 unspecified atom stereocenters. The van der Waals surface area contributed by atoms with Gasteiger partial charge >= 0.3 is 0 Å². The van der Waals surface area contributed by atoms with Crippen LogP contribution < -0.4 is 4.72 Å². The molecule has 3 heterocycles. The van der Waals surface area contributed by atoms with Gasteiger partial charge in [0, 0.05) is 29.9 Å². The molecule has 0 radical (unpaired) electrons. The van der Waals surface area contributed by atoms with E-state index in [4.69, 9.17) is 0 Å². The number of hydrogen-bond donors (Lipinski definition) is 1. The summed E-state index contributed by atoms with van der Waals surface area (Å²) in [4.78, 5) is 19.6. The summed E-state index contributed by atoms with van der Waals surface area (Å²) in [6.07, 6.45) is 6.68. The lowest BCUT2D eigenvalue weighted by Crippen LogP contribution is -2.36. The highest BCUT2D eigenvalue weighted by atomic mass is 35.5. The van der Waals surface area contributed by atoms with Gasteiger partial charge in [-0.25, -0.2) is 13.4 Å². The molecular weight excluding hydrogens is 459 g/mol. The molecule has 1 fully saturated rings. The van der Waals surface area contributed by atoms with Crippen LogP contribution in [0.1, 0.15) is 28.9 Å². The number of benzene rings is 1. The van der Waals surface area contributed by atoms with Crippen LogP contribution in [-0.4, -0.2) is 47.8 Å². The monoisotopic (exact) mass is 484 g/mol. The van der Waals surface area contributed by atoms with Crippen LogP contribution in [-0.2, 0) is 16.6 Å². The molecule has 31 heavy (non-hydrogen) atoms. The third-order valence-corrected chi connectivity index (χ3v) is 5.92. The minimum absolute atomic E-state index is 0. The number of likely N-dealkylation sites (tertiary alicyclic amines) is 1. The van der Waals surface area contributed by atoms with Crippen molar-refractivity contribution in [3.63, 3.8) is 0 Å². The number of hydrogen-bond acceptors (Lipinski definition) is 5. The Balaban J connectivity index is 0.00000171. The molecule has 0 atom stereocenters. The molecule has 0 saturated carbocycles. The average molecular weight is 485 g/mol. The summed E-state index contributed by atoms with van der Waals surface area (Å²) in [6.45, 7) is 2.55. The smallest absolute Gasteiger partial charge is 0.229 e. The van der Waals surface area contributed by atoms with Crippen LogP contribution in [0.15, 0.2) is 54.9 Å². The maximum atomic E-state index is 12.8. The lowest BCUT2D eigenvalue weighted by Gasteiger charge is -2.31. The Bertz CT molecular complexity index is 1120. The SMILES string of the molecule is CS(=O)(=O)Nc1ccc(C(=O)C2CCN(Cc3cnc4ccccn34)CC2)cc1.Cl.Cl. The molecule has 0 bridgehead atoms. The Labute approximate surface area is 194 Å². The van der Waals surface area contributed by atoms with Gasteiger partial charge in [0.2, 0.25) is 10.0 Å². The molecule has 7 nitrogen and oxygen atoms in total. The highest BCUT2D eigenvalue weighted by Gasteiger charge is 2.26. The highest BCUT2D eigenvalue weighted by Crippen LogP contribution is 2.24. The van der Waals surface area contributed by atoms with Crippen molar-refractivity contribution < 1.29 is 13.2 Å². The summed E-state index contributed by atoms with van der Waals surface area (Å²) in [5.41, 5.74) is 3.19. The molecule has 0 aliphatic carbocycles. The zero-order valence-electron chi connectivity index (χ0n) is 17.1. The number of fused-ring (bicyclic) bond motifs is 1. The molecule has 10 heteroatoms. The van der Waals surface area contributed by atoms with Gasteiger partial charge in [0.1, 0.15) is 5.65 Å². The van der Waals surface area contributed by atoms with E-state index in [9.17, 15) is 13.2 Å². The molecule has 168 valence electrons. The van der Waals surface area contributed by atoms with Crippen LogP contribution in [0.25, 0.3) is 5.65 Å². The van der Waals surface area contributed by atoms with Crippen LogP contribution in [0.2, 0.25) is 0 Å². The van der Waals surface area contributed by atoms with Crippen molar-refractivity contribution >= 4 is 52.0 Å². The summed E-state index contributed by atoms with van der Waals surface area (Å²) in [6, 6.07) is 12.6. The average Bonchev–Trinajstić information content (AvgIpc) is 3.10. The summed E-state index contributed by atoms with van der Waals surface area (Å²) in [7, 11) is -3.32. The number of nitrogens with one attached hydrogen (secondary N) is 1. The summed E-state index contributed by atoms with van der Waals surface area (Å²) in [5, 5.41) is 0.